The third-order valence-electron chi connectivity index (χ3n) is 4.72. The second-order valence-corrected chi connectivity index (χ2v) is 6.92. The molecule has 1 fully saturated rings. The lowest BCUT2D eigenvalue weighted by Gasteiger charge is -2.24. The Kier molecular flexibility index (Phi) is 5.13. The number of nitrogens with one attached hydrogen (secondary N) is 1. The number of anilines is 1. The van der Waals surface area contributed by atoms with Gasteiger partial charge in [-0.3, -0.25) is 9.69 Å². The number of rotatable bonds is 5. The summed E-state index contributed by atoms with van der Waals surface area (Å²) in [5.41, 5.74) is 2.55. The van der Waals surface area contributed by atoms with Gasteiger partial charge in [0, 0.05) is 17.3 Å². The number of likely N-dealkylation sites (tertiary alicyclic amines) is 1. The molecule has 0 unspecified atom stereocenters. The van der Waals surface area contributed by atoms with Crippen LogP contribution in [-0.4, -0.2) is 43.6 Å². The van der Waals surface area contributed by atoms with E-state index in [1.807, 2.05) is 48.5 Å². The zero-order valence-electron chi connectivity index (χ0n) is 14.6. The highest BCUT2D eigenvalue weighted by Gasteiger charge is 2.31. The molecule has 1 N–H and O–H groups in total. The smallest absolute Gasteiger partial charge is 0.241 e. The van der Waals surface area contributed by atoms with Gasteiger partial charge < -0.3 is 5.32 Å². The van der Waals surface area contributed by atoms with Crippen molar-refractivity contribution < 1.29 is 4.79 Å². The lowest BCUT2D eigenvalue weighted by Crippen LogP contribution is -2.39. The number of carbonyl (C=O) groups excluding carboxylic acids is 1. The highest BCUT2D eigenvalue weighted by molar-refractivity contribution is 6.31. The summed E-state index contributed by atoms with van der Waals surface area (Å²) in [7, 11) is 0. The summed E-state index contributed by atoms with van der Waals surface area (Å²) in [4.78, 5) is 15.0. The number of benzene rings is 2. The van der Waals surface area contributed by atoms with Gasteiger partial charge in [0.05, 0.1) is 11.7 Å². The van der Waals surface area contributed by atoms with Crippen molar-refractivity contribution in [2.75, 3.05) is 11.9 Å². The van der Waals surface area contributed by atoms with E-state index in [2.05, 4.69) is 25.7 Å². The molecule has 138 valence electrons. The van der Waals surface area contributed by atoms with Crippen molar-refractivity contribution in [3.8, 4) is 5.69 Å². The van der Waals surface area contributed by atoms with Crippen LogP contribution in [0.4, 0.5) is 5.69 Å². The molecule has 0 aliphatic carbocycles. The summed E-state index contributed by atoms with van der Waals surface area (Å²) in [5.74, 6) is -0.00609. The summed E-state index contributed by atoms with van der Waals surface area (Å²) in [6, 6.07) is 15.1. The van der Waals surface area contributed by atoms with E-state index in [4.69, 9.17) is 11.6 Å². The fraction of sp³-hybridized carbons (Fsp3) is 0.263. The molecule has 1 saturated heterocycles. The molecular formula is C19H19ClN6O. The molecule has 0 spiro atoms. The minimum Gasteiger partial charge on any atom is -0.325 e. The maximum atomic E-state index is 12.9. The third kappa shape index (κ3) is 3.99. The molecule has 0 radical (unpaired) electrons. The van der Waals surface area contributed by atoms with Crippen LogP contribution in [0.15, 0.2) is 54.9 Å². The van der Waals surface area contributed by atoms with Crippen molar-refractivity contribution in [3.05, 3.63) is 65.4 Å². The summed E-state index contributed by atoms with van der Waals surface area (Å²) >= 11 is 6.28. The normalized spacial score (nSPS) is 17.1. The van der Waals surface area contributed by atoms with Crippen LogP contribution in [0.5, 0.6) is 0 Å². The largest absolute Gasteiger partial charge is 0.325 e. The zero-order valence-corrected chi connectivity index (χ0v) is 15.4. The first-order valence-corrected chi connectivity index (χ1v) is 9.20. The predicted octanol–water partition coefficient (Wildman–Crippen LogP) is 2.92. The average Bonchev–Trinajstić information content (AvgIpc) is 3.36. The van der Waals surface area contributed by atoms with Crippen molar-refractivity contribution in [2.24, 2.45) is 0 Å². The first-order chi connectivity index (χ1) is 13.2. The summed E-state index contributed by atoms with van der Waals surface area (Å²) < 4.78 is 1.55. The summed E-state index contributed by atoms with van der Waals surface area (Å²) in [6.07, 6.45) is 3.35. The van der Waals surface area contributed by atoms with Gasteiger partial charge in [0.2, 0.25) is 5.91 Å². The zero-order chi connectivity index (χ0) is 18.6. The Morgan fingerprint density at radius 1 is 1.22 bits per heavy atom. The van der Waals surface area contributed by atoms with Gasteiger partial charge in [0.25, 0.3) is 0 Å². The maximum Gasteiger partial charge on any atom is 0.241 e. The number of hydrogen-bond acceptors (Lipinski definition) is 5. The summed E-state index contributed by atoms with van der Waals surface area (Å²) in [6.45, 7) is 1.55. The fourth-order valence-electron chi connectivity index (χ4n) is 3.39. The number of aromatic nitrogens is 4. The molecule has 1 aromatic heterocycles. The highest BCUT2D eigenvalue weighted by Crippen LogP contribution is 2.25. The Morgan fingerprint density at radius 3 is 2.93 bits per heavy atom. The first-order valence-electron chi connectivity index (χ1n) is 8.82. The van der Waals surface area contributed by atoms with Gasteiger partial charge in [-0.2, -0.15) is 0 Å². The molecule has 1 aliphatic rings. The predicted molar refractivity (Wildman–Crippen MR) is 103 cm³/mol. The van der Waals surface area contributed by atoms with E-state index in [0.717, 1.165) is 41.3 Å². The van der Waals surface area contributed by atoms with Gasteiger partial charge in [-0.05, 0) is 59.6 Å². The molecular weight excluding hydrogens is 364 g/mol. The molecule has 1 atom stereocenters. The second-order valence-electron chi connectivity index (χ2n) is 6.51. The standard InChI is InChI=1S/C19H19ClN6O/c20-17-8-2-1-5-14(17)12-25-10-4-9-18(25)19(27)22-15-6-3-7-16(11-15)26-13-21-23-24-26/h1-3,5-8,11,13,18H,4,9-10,12H2,(H,22,27)/t18-/m0/s1. The van der Waals surface area contributed by atoms with Crippen LogP contribution in [0.1, 0.15) is 18.4 Å². The van der Waals surface area contributed by atoms with Crippen molar-refractivity contribution in [1.82, 2.24) is 25.1 Å². The molecule has 27 heavy (non-hydrogen) atoms. The van der Waals surface area contributed by atoms with Crippen molar-refractivity contribution in [1.29, 1.82) is 0 Å². The Morgan fingerprint density at radius 2 is 2.11 bits per heavy atom. The number of hydrogen-bond donors (Lipinski definition) is 1. The number of halogens is 1. The van der Waals surface area contributed by atoms with E-state index in [9.17, 15) is 4.79 Å². The Hall–Kier alpha value is -2.77. The van der Waals surface area contributed by atoms with Crippen LogP contribution in [-0.2, 0) is 11.3 Å². The molecule has 3 aromatic rings. The number of carbonyl (C=O) groups is 1. The molecule has 0 saturated carbocycles. The maximum absolute atomic E-state index is 12.9. The molecule has 7 nitrogen and oxygen atoms in total. The van der Waals surface area contributed by atoms with E-state index < -0.39 is 0 Å². The SMILES string of the molecule is O=C(Nc1cccc(-n2cnnn2)c1)[C@@H]1CCCN1Cc1ccccc1Cl. The first kappa shape index (κ1) is 17.6. The second kappa shape index (κ2) is 7.85. The van der Waals surface area contributed by atoms with Gasteiger partial charge in [0.15, 0.2) is 0 Å². The molecule has 4 rings (SSSR count). The molecule has 1 aliphatic heterocycles. The molecule has 1 amide bonds. The number of tetrazole rings is 1. The van der Waals surface area contributed by atoms with E-state index in [0.29, 0.717) is 6.54 Å². The summed E-state index contributed by atoms with van der Waals surface area (Å²) in [5, 5.41) is 14.9. The lowest BCUT2D eigenvalue weighted by molar-refractivity contribution is -0.120. The number of nitrogens with zero attached hydrogens (tertiary/aromatic N) is 5. The topological polar surface area (TPSA) is 75.9 Å². The quantitative estimate of drug-likeness (QED) is 0.734. The fourth-order valence-corrected chi connectivity index (χ4v) is 3.58. The van der Waals surface area contributed by atoms with Gasteiger partial charge in [0.1, 0.15) is 6.33 Å². The van der Waals surface area contributed by atoms with Crippen LogP contribution in [0.3, 0.4) is 0 Å². The van der Waals surface area contributed by atoms with Crippen molar-refractivity contribution in [2.45, 2.75) is 25.4 Å². The van der Waals surface area contributed by atoms with Crippen LogP contribution in [0, 0.1) is 0 Å². The minimum absolute atomic E-state index is 0.00609. The van der Waals surface area contributed by atoms with Crippen molar-refractivity contribution >= 4 is 23.2 Å². The van der Waals surface area contributed by atoms with Crippen LogP contribution in [0.25, 0.3) is 5.69 Å². The Labute approximate surface area is 161 Å². The van der Waals surface area contributed by atoms with Crippen molar-refractivity contribution in [3.63, 3.8) is 0 Å². The lowest BCUT2D eigenvalue weighted by atomic mass is 10.1. The van der Waals surface area contributed by atoms with Gasteiger partial charge >= 0.3 is 0 Å². The number of amides is 1. The monoisotopic (exact) mass is 382 g/mol. The Balaban J connectivity index is 1.46. The van der Waals surface area contributed by atoms with Gasteiger partial charge in [-0.25, -0.2) is 4.68 Å². The van der Waals surface area contributed by atoms with Crippen LogP contribution >= 0.6 is 11.6 Å². The molecule has 2 aromatic carbocycles. The average molecular weight is 383 g/mol. The van der Waals surface area contributed by atoms with Crippen LogP contribution < -0.4 is 5.32 Å². The molecule has 0 bridgehead atoms. The van der Waals surface area contributed by atoms with Gasteiger partial charge in [-0.15, -0.1) is 5.10 Å². The Bertz CT molecular complexity index is 929. The highest BCUT2D eigenvalue weighted by atomic mass is 35.5. The van der Waals surface area contributed by atoms with Crippen LogP contribution in [0.2, 0.25) is 5.02 Å². The van der Waals surface area contributed by atoms with E-state index in [1.165, 1.54) is 6.33 Å². The third-order valence-corrected chi connectivity index (χ3v) is 5.09. The van der Waals surface area contributed by atoms with E-state index in [1.54, 1.807) is 4.68 Å². The molecule has 2 heterocycles. The van der Waals surface area contributed by atoms with Gasteiger partial charge in [-0.1, -0.05) is 35.9 Å². The molecule has 8 heteroatoms. The van der Waals surface area contributed by atoms with E-state index >= 15 is 0 Å². The minimum atomic E-state index is -0.169. The van der Waals surface area contributed by atoms with E-state index in [-0.39, 0.29) is 11.9 Å².